The summed E-state index contributed by atoms with van der Waals surface area (Å²) < 4.78 is 18.5. The van der Waals surface area contributed by atoms with E-state index >= 15 is 0 Å². The minimum atomic E-state index is 0.476. The summed E-state index contributed by atoms with van der Waals surface area (Å²) in [6, 6.07) is 9.04. The molecule has 0 atom stereocenters. The minimum absolute atomic E-state index is 0.476. The molecular weight excluding hydrogens is 395 g/mol. The van der Waals surface area contributed by atoms with E-state index in [0.29, 0.717) is 32.1 Å². The maximum absolute atomic E-state index is 6.11. The van der Waals surface area contributed by atoms with Crippen LogP contribution in [0.5, 0.6) is 17.2 Å². The first-order valence-corrected chi connectivity index (χ1v) is 8.72. The fraction of sp³-hybridized carbons (Fsp3) is 0.167. The van der Waals surface area contributed by atoms with Crippen molar-refractivity contribution in [1.82, 2.24) is 9.55 Å². The third-order valence-corrected chi connectivity index (χ3v) is 4.91. The summed E-state index contributed by atoms with van der Waals surface area (Å²) in [6.07, 6.45) is 1.88. The molecule has 1 N–H and O–H groups in total. The van der Waals surface area contributed by atoms with Crippen LogP contribution in [0.1, 0.15) is 0 Å². The number of hydrogen-bond donors (Lipinski definition) is 1. The van der Waals surface area contributed by atoms with Crippen molar-refractivity contribution in [2.75, 3.05) is 21.3 Å². The number of aromatic nitrogens is 2. The number of H-pyrrole nitrogens is 1. The lowest BCUT2D eigenvalue weighted by Crippen LogP contribution is -1.99. The van der Waals surface area contributed by atoms with Crippen molar-refractivity contribution in [1.29, 1.82) is 0 Å². The number of hydrogen-bond acceptors (Lipinski definition) is 4. The van der Waals surface area contributed by atoms with E-state index in [4.69, 9.17) is 49.6 Å². The zero-order valence-corrected chi connectivity index (χ0v) is 16.6. The predicted octanol–water partition coefficient (Wildman–Crippen LogP) is 5.53. The maximum Gasteiger partial charge on any atom is 0.203 e. The quantitative estimate of drug-likeness (QED) is 0.561. The standard InChI is InChI=1S/C18H16Cl2N2O3S/c1-23-15-7-11(8-16(24-2)17(15)25-3)22-9-14(21-18(22)26)10-4-5-12(19)13(20)6-10/h4-9H,1-3H3,(H,21,26). The monoisotopic (exact) mass is 410 g/mol. The Bertz CT molecular complexity index is 989. The highest BCUT2D eigenvalue weighted by Gasteiger charge is 2.15. The minimum Gasteiger partial charge on any atom is -0.493 e. The van der Waals surface area contributed by atoms with Crippen molar-refractivity contribution < 1.29 is 14.2 Å². The molecule has 0 radical (unpaired) electrons. The van der Waals surface area contributed by atoms with E-state index in [9.17, 15) is 0 Å². The average molecular weight is 411 g/mol. The van der Waals surface area contributed by atoms with E-state index in [0.717, 1.165) is 16.9 Å². The van der Waals surface area contributed by atoms with Crippen LogP contribution >= 0.6 is 35.4 Å². The lowest BCUT2D eigenvalue weighted by molar-refractivity contribution is 0.324. The topological polar surface area (TPSA) is 48.4 Å². The smallest absolute Gasteiger partial charge is 0.203 e. The van der Waals surface area contributed by atoms with Crippen LogP contribution in [0.15, 0.2) is 36.5 Å². The lowest BCUT2D eigenvalue weighted by atomic mass is 10.2. The second kappa shape index (κ2) is 7.61. The fourth-order valence-corrected chi connectivity index (χ4v) is 3.17. The van der Waals surface area contributed by atoms with Crippen molar-refractivity contribution in [3.05, 3.63) is 51.3 Å². The Balaban J connectivity index is 2.12. The SMILES string of the molecule is COc1cc(-n2cc(-c3ccc(Cl)c(Cl)c3)[nH]c2=S)cc(OC)c1OC. The molecule has 0 aliphatic heterocycles. The predicted molar refractivity (Wildman–Crippen MR) is 106 cm³/mol. The second-order valence-electron chi connectivity index (χ2n) is 5.36. The Kier molecular flexibility index (Phi) is 5.46. The Hall–Kier alpha value is -2.15. The number of rotatable bonds is 5. The third-order valence-electron chi connectivity index (χ3n) is 3.88. The first-order valence-electron chi connectivity index (χ1n) is 7.56. The van der Waals surface area contributed by atoms with Gasteiger partial charge < -0.3 is 19.2 Å². The van der Waals surface area contributed by atoms with Crippen LogP contribution in [0, 0.1) is 4.77 Å². The van der Waals surface area contributed by atoms with Crippen LogP contribution in [0.3, 0.4) is 0 Å². The fourth-order valence-electron chi connectivity index (χ4n) is 2.60. The van der Waals surface area contributed by atoms with Crippen LogP contribution in [0.25, 0.3) is 16.9 Å². The van der Waals surface area contributed by atoms with Gasteiger partial charge in [0.05, 0.1) is 42.8 Å². The molecule has 0 spiro atoms. The van der Waals surface area contributed by atoms with E-state index in [1.165, 1.54) is 0 Å². The van der Waals surface area contributed by atoms with Gasteiger partial charge in [-0.15, -0.1) is 0 Å². The molecule has 3 rings (SSSR count). The number of methoxy groups -OCH3 is 3. The van der Waals surface area contributed by atoms with Gasteiger partial charge in [0, 0.05) is 23.9 Å². The summed E-state index contributed by atoms with van der Waals surface area (Å²) in [7, 11) is 4.70. The van der Waals surface area contributed by atoms with Gasteiger partial charge >= 0.3 is 0 Å². The van der Waals surface area contributed by atoms with Gasteiger partial charge in [0.1, 0.15) is 0 Å². The summed E-state index contributed by atoms with van der Waals surface area (Å²) in [5, 5.41) is 0.974. The first-order chi connectivity index (χ1) is 12.5. The van der Waals surface area contributed by atoms with Crippen molar-refractivity contribution in [2.45, 2.75) is 0 Å². The molecule has 0 bridgehead atoms. The van der Waals surface area contributed by atoms with Gasteiger partial charge in [0.15, 0.2) is 16.3 Å². The van der Waals surface area contributed by atoms with Gasteiger partial charge in [-0.3, -0.25) is 4.57 Å². The molecule has 0 saturated carbocycles. The number of aromatic amines is 1. The Labute approximate surface area is 166 Å². The normalized spacial score (nSPS) is 10.7. The summed E-state index contributed by atoms with van der Waals surface area (Å²) in [5.41, 5.74) is 2.45. The van der Waals surface area contributed by atoms with Crippen LogP contribution in [0.4, 0.5) is 0 Å². The zero-order chi connectivity index (χ0) is 18.8. The van der Waals surface area contributed by atoms with Crippen LogP contribution in [-0.2, 0) is 0 Å². The molecule has 136 valence electrons. The third kappa shape index (κ3) is 3.40. The van der Waals surface area contributed by atoms with Crippen molar-refractivity contribution >= 4 is 35.4 Å². The Morgan fingerprint density at radius 1 is 0.923 bits per heavy atom. The van der Waals surface area contributed by atoms with Gasteiger partial charge in [-0.05, 0) is 24.4 Å². The number of ether oxygens (including phenoxy) is 3. The summed E-state index contributed by atoms with van der Waals surface area (Å²) in [6.45, 7) is 0. The summed E-state index contributed by atoms with van der Waals surface area (Å²) in [4.78, 5) is 3.17. The zero-order valence-electron chi connectivity index (χ0n) is 14.3. The molecule has 0 fully saturated rings. The molecule has 3 aromatic rings. The van der Waals surface area contributed by atoms with Gasteiger partial charge in [0.25, 0.3) is 0 Å². The van der Waals surface area contributed by atoms with E-state index in [1.54, 1.807) is 33.5 Å². The lowest BCUT2D eigenvalue weighted by Gasteiger charge is -2.14. The van der Waals surface area contributed by atoms with Crippen LogP contribution in [-0.4, -0.2) is 30.9 Å². The van der Waals surface area contributed by atoms with E-state index < -0.39 is 0 Å². The molecule has 0 aliphatic carbocycles. The number of benzene rings is 2. The first kappa shape index (κ1) is 18.6. The molecule has 1 heterocycles. The van der Waals surface area contributed by atoms with Gasteiger partial charge in [-0.2, -0.15) is 0 Å². The van der Waals surface area contributed by atoms with E-state index in [1.807, 2.05) is 29.0 Å². The highest BCUT2D eigenvalue weighted by Crippen LogP contribution is 2.39. The van der Waals surface area contributed by atoms with Crippen LogP contribution in [0.2, 0.25) is 10.0 Å². The molecule has 0 unspecified atom stereocenters. The summed E-state index contributed by atoms with van der Waals surface area (Å²) >= 11 is 17.6. The van der Waals surface area contributed by atoms with Crippen LogP contribution < -0.4 is 14.2 Å². The Morgan fingerprint density at radius 3 is 2.12 bits per heavy atom. The van der Waals surface area contributed by atoms with Gasteiger partial charge in [0.2, 0.25) is 5.75 Å². The van der Waals surface area contributed by atoms with E-state index in [2.05, 4.69) is 4.98 Å². The molecule has 2 aromatic carbocycles. The highest BCUT2D eigenvalue weighted by molar-refractivity contribution is 7.71. The molecule has 1 aromatic heterocycles. The molecule has 26 heavy (non-hydrogen) atoms. The van der Waals surface area contributed by atoms with E-state index in [-0.39, 0.29) is 0 Å². The number of nitrogens with zero attached hydrogens (tertiary/aromatic N) is 1. The highest BCUT2D eigenvalue weighted by atomic mass is 35.5. The molecular formula is C18H16Cl2N2O3S. The molecule has 5 nitrogen and oxygen atoms in total. The summed E-state index contributed by atoms with van der Waals surface area (Å²) in [5.74, 6) is 1.60. The largest absolute Gasteiger partial charge is 0.493 e. The van der Waals surface area contributed by atoms with Gasteiger partial charge in [-0.25, -0.2) is 0 Å². The van der Waals surface area contributed by atoms with Crippen molar-refractivity contribution in [2.24, 2.45) is 0 Å². The maximum atomic E-state index is 6.11. The molecule has 0 aliphatic rings. The number of imidazole rings is 1. The molecule has 0 amide bonds. The van der Waals surface area contributed by atoms with Crippen molar-refractivity contribution in [3.63, 3.8) is 0 Å². The molecule has 0 saturated heterocycles. The number of halogens is 2. The average Bonchev–Trinajstić information content (AvgIpc) is 3.04. The van der Waals surface area contributed by atoms with Crippen molar-refractivity contribution in [3.8, 4) is 34.2 Å². The Morgan fingerprint density at radius 2 is 1.58 bits per heavy atom. The van der Waals surface area contributed by atoms with Gasteiger partial charge in [-0.1, -0.05) is 29.3 Å². The molecule has 8 heteroatoms. The second-order valence-corrected chi connectivity index (χ2v) is 6.56. The number of nitrogens with one attached hydrogen (secondary N) is 1.